The number of hydrogen-bond acceptors (Lipinski definition) is 9. The van der Waals surface area contributed by atoms with Crippen LogP contribution >= 0.6 is 0 Å². The predicted molar refractivity (Wildman–Crippen MR) is 199 cm³/mol. The molecule has 2 aliphatic rings. The number of anilines is 4. The largest absolute Gasteiger partial charge is 0.383 e. The molecule has 0 unspecified atom stereocenters. The molecule has 0 atom stereocenters. The molecule has 0 radical (unpaired) electrons. The van der Waals surface area contributed by atoms with Crippen LogP contribution in [-0.4, -0.2) is 92.2 Å². The van der Waals surface area contributed by atoms with Crippen LogP contribution in [0, 0.1) is 0 Å². The van der Waals surface area contributed by atoms with Gasteiger partial charge in [0.15, 0.2) is 0 Å². The number of nitrogens with one attached hydrogen (secondary N) is 2. The van der Waals surface area contributed by atoms with Crippen LogP contribution in [0.5, 0.6) is 0 Å². The highest BCUT2D eigenvalue weighted by Gasteiger charge is 2.13. The fraction of sp³-hybridized carbons (Fsp3) is 0.450. The lowest BCUT2D eigenvalue weighted by Gasteiger charge is -2.27. The molecule has 9 heteroatoms. The molecule has 9 bridgehead atoms. The molecule has 0 fully saturated rings. The Hall–Kier alpha value is -3.86. The van der Waals surface area contributed by atoms with Gasteiger partial charge in [-0.1, -0.05) is 36.4 Å². The highest BCUT2D eigenvalue weighted by Crippen LogP contribution is 2.29. The van der Waals surface area contributed by atoms with Crippen molar-refractivity contribution in [1.29, 1.82) is 0 Å². The van der Waals surface area contributed by atoms with Crippen molar-refractivity contribution in [1.82, 2.24) is 0 Å². The number of ether oxygens (including phenoxy) is 5. The third-order valence-corrected chi connectivity index (χ3v) is 8.84. The summed E-state index contributed by atoms with van der Waals surface area (Å²) in [5.41, 5.74) is 7.13. The van der Waals surface area contributed by atoms with Gasteiger partial charge in [-0.25, -0.2) is 0 Å². The van der Waals surface area contributed by atoms with Crippen molar-refractivity contribution >= 4 is 33.5 Å². The van der Waals surface area contributed by atoms with Crippen LogP contribution in [0.15, 0.2) is 84.9 Å². The smallest absolute Gasteiger partial charge is 0.0701 e. The standard InChI is InChI=1S/C40H52N4O5/c1-5-33-27-37(7-1)41-13-19-47-23-24-48-20-14-42-38-8-2-6-34(28-38)32-44-16-4-18-46-22-26-49-25-21-45-17-3-15-43(31-33)39-11-9-35-10-12-40(44)30-36(35)29-39/h1-2,5-12,27-30,41-42H,3-4,13-26,31-32H2. The molecule has 0 saturated heterocycles. The van der Waals surface area contributed by atoms with Crippen LogP contribution in [0.25, 0.3) is 10.8 Å². The monoisotopic (exact) mass is 668 g/mol. The Kier molecular flexibility index (Phi) is 13.8. The van der Waals surface area contributed by atoms with Gasteiger partial charge >= 0.3 is 0 Å². The van der Waals surface area contributed by atoms with Crippen LogP contribution in [0.4, 0.5) is 22.7 Å². The van der Waals surface area contributed by atoms with Gasteiger partial charge in [0.05, 0.1) is 52.9 Å². The first-order valence-corrected chi connectivity index (χ1v) is 17.9. The summed E-state index contributed by atoms with van der Waals surface area (Å²) in [6.45, 7) is 11.0. The average Bonchev–Trinajstić information content (AvgIpc) is 3.12. The molecule has 4 aromatic rings. The van der Waals surface area contributed by atoms with Gasteiger partial charge in [-0.2, -0.15) is 0 Å². The minimum atomic E-state index is 0.578. The Bertz CT molecular complexity index is 1460. The molecule has 4 aromatic carbocycles. The lowest BCUT2D eigenvalue weighted by Crippen LogP contribution is -2.26. The summed E-state index contributed by atoms with van der Waals surface area (Å²) >= 11 is 0. The summed E-state index contributed by atoms with van der Waals surface area (Å²) in [4.78, 5) is 4.95. The summed E-state index contributed by atoms with van der Waals surface area (Å²) in [6.07, 6.45) is 1.84. The molecule has 49 heavy (non-hydrogen) atoms. The summed E-state index contributed by atoms with van der Waals surface area (Å²) < 4.78 is 29.3. The van der Waals surface area contributed by atoms with Gasteiger partial charge in [-0.05, 0) is 83.3 Å². The third-order valence-electron chi connectivity index (χ3n) is 8.84. The van der Waals surface area contributed by atoms with E-state index < -0.39 is 0 Å². The van der Waals surface area contributed by atoms with Crippen molar-refractivity contribution in [2.75, 3.05) is 113 Å². The molecule has 2 N–H and O–H groups in total. The van der Waals surface area contributed by atoms with E-state index in [2.05, 4.69) is 105 Å². The summed E-state index contributed by atoms with van der Waals surface area (Å²) in [6, 6.07) is 31.1. The van der Waals surface area contributed by atoms with E-state index in [9.17, 15) is 0 Å². The van der Waals surface area contributed by atoms with E-state index >= 15 is 0 Å². The van der Waals surface area contributed by atoms with Gasteiger partial charge in [0.25, 0.3) is 0 Å². The SMILES string of the molecule is c1cc2cc(c1)NCCOCCOCCNc1cccc(c1)CN1CCCOCCOCCOCCCN(C2)c2ccc3ccc1cc3c2. The van der Waals surface area contributed by atoms with Crippen molar-refractivity contribution in [2.45, 2.75) is 25.9 Å². The molecule has 2 heterocycles. The van der Waals surface area contributed by atoms with Gasteiger partial charge in [0.2, 0.25) is 0 Å². The number of rotatable bonds is 0. The Morgan fingerprint density at radius 1 is 0.429 bits per heavy atom. The maximum Gasteiger partial charge on any atom is 0.0701 e. The highest BCUT2D eigenvalue weighted by molar-refractivity contribution is 5.89. The predicted octanol–water partition coefficient (Wildman–Crippen LogP) is 6.57. The van der Waals surface area contributed by atoms with Crippen molar-refractivity contribution < 1.29 is 23.7 Å². The van der Waals surface area contributed by atoms with E-state index in [4.69, 9.17) is 23.7 Å². The number of fused-ring (bicyclic) bond motifs is 4. The molecule has 2 aliphatic heterocycles. The zero-order valence-corrected chi connectivity index (χ0v) is 28.7. The normalized spacial score (nSPS) is 18.6. The van der Waals surface area contributed by atoms with Gasteiger partial charge in [0, 0.05) is 75.2 Å². The Labute approximate surface area is 291 Å². The highest BCUT2D eigenvalue weighted by atomic mass is 16.5. The van der Waals surface area contributed by atoms with Crippen molar-refractivity contribution in [3.8, 4) is 0 Å². The van der Waals surface area contributed by atoms with Gasteiger partial charge in [0.1, 0.15) is 0 Å². The van der Waals surface area contributed by atoms with E-state index in [0.29, 0.717) is 66.1 Å². The number of nitrogens with zero attached hydrogens (tertiary/aromatic N) is 2. The summed E-state index contributed by atoms with van der Waals surface area (Å²) in [5, 5.41) is 9.53. The second-order valence-corrected chi connectivity index (χ2v) is 12.6. The lowest BCUT2D eigenvalue weighted by atomic mass is 10.1. The van der Waals surface area contributed by atoms with Crippen LogP contribution in [0.3, 0.4) is 0 Å². The molecule has 0 aromatic heterocycles. The molecule has 0 saturated carbocycles. The first-order chi connectivity index (χ1) is 24.3. The molecule has 9 nitrogen and oxygen atoms in total. The molecular formula is C40H52N4O5. The molecule has 0 aliphatic carbocycles. The van der Waals surface area contributed by atoms with E-state index in [1.165, 1.54) is 33.3 Å². The van der Waals surface area contributed by atoms with Gasteiger partial charge in [-0.15, -0.1) is 0 Å². The van der Waals surface area contributed by atoms with Crippen molar-refractivity contribution in [3.05, 3.63) is 96.1 Å². The van der Waals surface area contributed by atoms with E-state index in [-0.39, 0.29) is 0 Å². The fourth-order valence-corrected chi connectivity index (χ4v) is 6.33. The Morgan fingerprint density at radius 3 is 1.37 bits per heavy atom. The topological polar surface area (TPSA) is 76.7 Å². The maximum atomic E-state index is 5.94. The Balaban J connectivity index is 1.31. The molecule has 6 rings (SSSR count). The van der Waals surface area contributed by atoms with E-state index in [1.807, 2.05) is 0 Å². The second-order valence-electron chi connectivity index (χ2n) is 12.6. The van der Waals surface area contributed by atoms with Crippen LogP contribution in [0.1, 0.15) is 24.0 Å². The first-order valence-electron chi connectivity index (χ1n) is 17.9. The van der Waals surface area contributed by atoms with Crippen LogP contribution in [-0.2, 0) is 36.8 Å². The van der Waals surface area contributed by atoms with Crippen molar-refractivity contribution in [2.24, 2.45) is 0 Å². The van der Waals surface area contributed by atoms with Gasteiger partial charge < -0.3 is 44.1 Å². The Morgan fingerprint density at radius 2 is 0.878 bits per heavy atom. The molecular weight excluding hydrogens is 616 g/mol. The zero-order valence-electron chi connectivity index (χ0n) is 28.7. The summed E-state index contributed by atoms with van der Waals surface area (Å²) in [5.74, 6) is 0. The molecule has 0 amide bonds. The van der Waals surface area contributed by atoms with Crippen LogP contribution < -0.4 is 20.4 Å². The summed E-state index contributed by atoms with van der Waals surface area (Å²) in [7, 11) is 0. The minimum absolute atomic E-state index is 0.578. The van der Waals surface area contributed by atoms with Crippen molar-refractivity contribution in [3.63, 3.8) is 0 Å². The third kappa shape index (κ3) is 11.3. The minimum Gasteiger partial charge on any atom is -0.383 e. The average molecular weight is 669 g/mol. The van der Waals surface area contributed by atoms with Gasteiger partial charge in [-0.3, -0.25) is 0 Å². The molecule has 0 spiro atoms. The first kappa shape index (κ1) is 35.0. The second kappa shape index (κ2) is 19.4. The quantitative estimate of drug-likeness (QED) is 0.217. The fourth-order valence-electron chi connectivity index (χ4n) is 6.33. The van der Waals surface area contributed by atoms with E-state index in [1.54, 1.807) is 0 Å². The zero-order chi connectivity index (χ0) is 33.4. The number of hydrogen-bond donors (Lipinski definition) is 2. The number of benzene rings is 4. The maximum absolute atomic E-state index is 5.94. The molecule has 262 valence electrons. The van der Waals surface area contributed by atoms with Crippen LogP contribution in [0.2, 0.25) is 0 Å². The lowest BCUT2D eigenvalue weighted by molar-refractivity contribution is 0.0142. The van der Waals surface area contributed by atoms with E-state index in [0.717, 1.165) is 63.5 Å².